The molecule has 2 heterocycles. The SMILES string of the molecule is Cc1noc(C)c1C(=O)Nc1cccc(-n2cccc2)c1. The van der Waals surface area contributed by atoms with Crippen molar-refractivity contribution in [3.63, 3.8) is 0 Å². The molecule has 21 heavy (non-hydrogen) atoms. The first-order valence-corrected chi connectivity index (χ1v) is 6.63. The van der Waals surface area contributed by atoms with Crippen molar-refractivity contribution in [2.24, 2.45) is 0 Å². The van der Waals surface area contributed by atoms with Gasteiger partial charge in [0, 0.05) is 23.8 Å². The second-order valence-electron chi connectivity index (χ2n) is 4.79. The predicted octanol–water partition coefficient (Wildman–Crippen LogP) is 3.33. The van der Waals surface area contributed by atoms with Gasteiger partial charge in [-0.1, -0.05) is 11.2 Å². The summed E-state index contributed by atoms with van der Waals surface area (Å²) >= 11 is 0. The number of rotatable bonds is 3. The number of nitrogens with zero attached hydrogens (tertiary/aromatic N) is 2. The van der Waals surface area contributed by atoms with Gasteiger partial charge in [-0.3, -0.25) is 4.79 Å². The quantitative estimate of drug-likeness (QED) is 0.801. The zero-order valence-electron chi connectivity index (χ0n) is 11.8. The third-order valence-electron chi connectivity index (χ3n) is 3.27. The Morgan fingerprint density at radius 3 is 2.62 bits per heavy atom. The summed E-state index contributed by atoms with van der Waals surface area (Å²) in [6.45, 7) is 3.48. The number of hydrogen-bond acceptors (Lipinski definition) is 3. The highest BCUT2D eigenvalue weighted by molar-refractivity contribution is 6.05. The molecule has 106 valence electrons. The van der Waals surface area contributed by atoms with E-state index in [-0.39, 0.29) is 5.91 Å². The van der Waals surface area contributed by atoms with Gasteiger partial charge in [0.25, 0.3) is 5.91 Å². The maximum atomic E-state index is 12.3. The molecule has 1 aromatic carbocycles. The van der Waals surface area contributed by atoms with Crippen LogP contribution >= 0.6 is 0 Å². The molecule has 0 fully saturated rings. The van der Waals surface area contributed by atoms with Crippen LogP contribution in [0.3, 0.4) is 0 Å². The Morgan fingerprint density at radius 1 is 1.19 bits per heavy atom. The number of aryl methyl sites for hydroxylation is 2. The van der Waals surface area contributed by atoms with E-state index in [1.165, 1.54) is 0 Å². The van der Waals surface area contributed by atoms with E-state index in [0.717, 1.165) is 11.4 Å². The molecule has 0 aliphatic rings. The Labute approximate surface area is 122 Å². The van der Waals surface area contributed by atoms with E-state index in [1.54, 1.807) is 13.8 Å². The maximum absolute atomic E-state index is 12.3. The van der Waals surface area contributed by atoms with Crippen molar-refractivity contribution in [3.05, 3.63) is 65.8 Å². The van der Waals surface area contributed by atoms with Gasteiger partial charge in [-0.25, -0.2) is 0 Å². The highest BCUT2D eigenvalue weighted by Gasteiger charge is 2.17. The van der Waals surface area contributed by atoms with Crippen LogP contribution < -0.4 is 5.32 Å². The minimum atomic E-state index is -0.212. The van der Waals surface area contributed by atoms with Gasteiger partial charge in [0.1, 0.15) is 11.3 Å². The number of hydrogen-bond donors (Lipinski definition) is 1. The van der Waals surface area contributed by atoms with Gasteiger partial charge in [-0.2, -0.15) is 0 Å². The summed E-state index contributed by atoms with van der Waals surface area (Å²) in [5.41, 5.74) is 2.79. The molecular formula is C16H15N3O2. The van der Waals surface area contributed by atoms with Crippen LogP contribution in [0.25, 0.3) is 5.69 Å². The normalized spacial score (nSPS) is 10.6. The Morgan fingerprint density at radius 2 is 1.95 bits per heavy atom. The number of aromatic nitrogens is 2. The molecule has 0 aliphatic carbocycles. The molecule has 0 saturated carbocycles. The molecule has 3 rings (SSSR count). The Kier molecular flexibility index (Phi) is 3.31. The van der Waals surface area contributed by atoms with E-state index in [9.17, 15) is 4.79 Å². The summed E-state index contributed by atoms with van der Waals surface area (Å²) < 4.78 is 7.00. The molecule has 0 bridgehead atoms. The highest BCUT2D eigenvalue weighted by atomic mass is 16.5. The fourth-order valence-electron chi connectivity index (χ4n) is 2.25. The number of carbonyl (C=O) groups is 1. The lowest BCUT2D eigenvalue weighted by atomic mass is 10.2. The van der Waals surface area contributed by atoms with Gasteiger partial charge in [0.05, 0.1) is 5.69 Å². The first-order valence-electron chi connectivity index (χ1n) is 6.63. The van der Waals surface area contributed by atoms with E-state index in [2.05, 4.69) is 10.5 Å². The van der Waals surface area contributed by atoms with Crippen LogP contribution in [0.5, 0.6) is 0 Å². The largest absolute Gasteiger partial charge is 0.361 e. The molecular weight excluding hydrogens is 266 g/mol. The monoisotopic (exact) mass is 281 g/mol. The lowest BCUT2D eigenvalue weighted by Gasteiger charge is -2.08. The van der Waals surface area contributed by atoms with Crippen molar-refractivity contribution in [2.45, 2.75) is 13.8 Å². The summed E-state index contributed by atoms with van der Waals surface area (Å²) in [5.74, 6) is 0.308. The van der Waals surface area contributed by atoms with Crippen molar-refractivity contribution in [3.8, 4) is 5.69 Å². The standard InChI is InChI=1S/C16H15N3O2/c1-11-15(12(2)21-18-11)16(20)17-13-6-5-7-14(10-13)19-8-3-4-9-19/h3-10H,1-2H3,(H,17,20). The van der Waals surface area contributed by atoms with Gasteiger partial charge in [0.2, 0.25) is 0 Å². The number of anilines is 1. The lowest BCUT2D eigenvalue weighted by molar-refractivity contribution is 0.102. The van der Waals surface area contributed by atoms with Gasteiger partial charge < -0.3 is 14.4 Å². The van der Waals surface area contributed by atoms with Crippen LogP contribution in [0, 0.1) is 13.8 Å². The second kappa shape index (κ2) is 5.28. The Balaban J connectivity index is 1.86. The average Bonchev–Trinajstić information content (AvgIpc) is 3.09. The van der Waals surface area contributed by atoms with Crippen molar-refractivity contribution in [2.75, 3.05) is 5.32 Å². The van der Waals surface area contributed by atoms with Gasteiger partial charge in [0.15, 0.2) is 0 Å². The van der Waals surface area contributed by atoms with Crippen molar-refractivity contribution >= 4 is 11.6 Å². The van der Waals surface area contributed by atoms with E-state index < -0.39 is 0 Å². The summed E-state index contributed by atoms with van der Waals surface area (Å²) in [4.78, 5) is 12.3. The van der Waals surface area contributed by atoms with Crippen LogP contribution in [0.2, 0.25) is 0 Å². The number of nitrogens with one attached hydrogen (secondary N) is 1. The third-order valence-corrected chi connectivity index (χ3v) is 3.27. The second-order valence-corrected chi connectivity index (χ2v) is 4.79. The smallest absolute Gasteiger partial charge is 0.261 e. The molecule has 0 unspecified atom stereocenters. The molecule has 0 radical (unpaired) electrons. The zero-order chi connectivity index (χ0) is 14.8. The Bertz CT molecular complexity index is 753. The first kappa shape index (κ1) is 13.2. The molecule has 3 aromatic rings. The molecule has 5 heteroatoms. The topological polar surface area (TPSA) is 60.1 Å². The fourth-order valence-corrected chi connectivity index (χ4v) is 2.25. The zero-order valence-corrected chi connectivity index (χ0v) is 11.8. The first-order chi connectivity index (χ1) is 10.1. The predicted molar refractivity (Wildman–Crippen MR) is 79.7 cm³/mol. The third kappa shape index (κ3) is 2.58. The fraction of sp³-hybridized carbons (Fsp3) is 0.125. The van der Waals surface area contributed by atoms with Crippen LogP contribution in [-0.4, -0.2) is 15.6 Å². The van der Waals surface area contributed by atoms with Crippen molar-refractivity contribution in [1.29, 1.82) is 0 Å². The van der Waals surface area contributed by atoms with Gasteiger partial charge in [-0.15, -0.1) is 0 Å². The number of carbonyl (C=O) groups excluding carboxylic acids is 1. The molecule has 0 saturated heterocycles. The Hall–Kier alpha value is -2.82. The van der Waals surface area contributed by atoms with Crippen LogP contribution in [0.15, 0.2) is 53.3 Å². The summed E-state index contributed by atoms with van der Waals surface area (Å²) in [6, 6.07) is 11.5. The minimum Gasteiger partial charge on any atom is -0.361 e. The van der Waals surface area contributed by atoms with E-state index in [0.29, 0.717) is 17.0 Å². The molecule has 0 spiro atoms. The minimum absolute atomic E-state index is 0.212. The highest BCUT2D eigenvalue weighted by Crippen LogP contribution is 2.18. The summed E-state index contributed by atoms with van der Waals surface area (Å²) in [7, 11) is 0. The molecule has 0 aliphatic heterocycles. The van der Waals surface area contributed by atoms with Crippen molar-refractivity contribution in [1.82, 2.24) is 9.72 Å². The van der Waals surface area contributed by atoms with Crippen LogP contribution in [0.1, 0.15) is 21.8 Å². The molecule has 1 amide bonds. The number of amides is 1. The summed E-state index contributed by atoms with van der Waals surface area (Å²) in [5, 5.41) is 6.67. The van der Waals surface area contributed by atoms with E-state index >= 15 is 0 Å². The molecule has 1 N–H and O–H groups in total. The number of benzene rings is 1. The molecule has 0 atom stereocenters. The lowest BCUT2D eigenvalue weighted by Crippen LogP contribution is -2.13. The molecule has 2 aromatic heterocycles. The maximum Gasteiger partial charge on any atom is 0.261 e. The van der Waals surface area contributed by atoms with E-state index in [4.69, 9.17) is 4.52 Å². The van der Waals surface area contributed by atoms with Crippen LogP contribution in [0.4, 0.5) is 5.69 Å². The molecule has 5 nitrogen and oxygen atoms in total. The van der Waals surface area contributed by atoms with Crippen LogP contribution in [-0.2, 0) is 0 Å². The van der Waals surface area contributed by atoms with E-state index in [1.807, 2.05) is 53.4 Å². The van der Waals surface area contributed by atoms with Gasteiger partial charge >= 0.3 is 0 Å². The van der Waals surface area contributed by atoms with Crippen molar-refractivity contribution < 1.29 is 9.32 Å². The summed E-state index contributed by atoms with van der Waals surface area (Å²) in [6.07, 6.45) is 3.91. The van der Waals surface area contributed by atoms with Gasteiger partial charge in [-0.05, 0) is 44.2 Å². The average molecular weight is 281 g/mol.